The van der Waals surface area contributed by atoms with Crippen LogP contribution in [0.3, 0.4) is 0 Å². The molecule has 1 aliphatic rings. The molecule has 2 aromatic rings. The summed E-state index contributed by atoms with van der Waals surface area (Å²) in [5, 5.41) is 18.5. The van der Waals surface area contributed by atoms with Crippen LogP contribution in [0, 0.1) is 5.82 Å². The first-order valence-corrected chi connectivity index (χ1v) is 7.69. The van der Waals surface area contributed by atoms with Gasteiger partial charge in [0.25, 0.3) is 0 Å². The molecule has 0 radical (unpaired) electrons. The predicted octanol–water partition coefficient (Wildman–Crippen LogP) is 3.58. The van der Waals surface area contributed by atoms with Crippen LogP contribution in [0.15, 0.2) is 41.4 Å². The Bertz CT molecular complexity index is 799. The van der Waals surface area contributed by atoms with Crippen molar-refractivity contribution in [3.63, 3.8) is 0 Å². The van der Waals surface area contributed by atoms with Gasteiger partial charge in [0.05, 0.1) is 11.4 Å². The molecule has 1 saturated heterocycles. The van der Waals surface area contributed by atoms with Gasteiger partial charge in [0.2, 0.25) is 0 Å². The first kappa shape index (κ1) is 16.0. The Morgan fingerprint density at radius 3 is 2.58 bits per heavy atom. The molecule has 3 rings (SSSR count). The van der Waals surface area contributed by atoms with Crippen LogP contribution in [0.1, 0.15) is 28.8 Å². The maximum absolute atomic E-state index is 14.2. The second-order valence-electron chi connectivity index (χ2n) is 5.67. The van der Waals surface area contributed by atoms with Crippen LogP contribution >= 0.6 is 0 Å². The van der Waals surface area contributed by atoms with Crippen LogP contribution in [-0.4, -0.2) is 35.5 Å². The minimum absolute atomic E-state index is 0.222. The maximum atomic E-state index is 14.2. The smallest absolute Gasteiger partial charge is 0.339 e. The Morgan fingerprint density at radius 1 is 1.17 bits per heavy atom. The lowest BCUT2D eigenvalue weighted by Crippen LogP contribution is -2.18. The second-order valence-corrected chi connectivity index (χ2v) is 5.67. The number of aromatic carboxylic acids is 1. The summed E-state index contributed by atoms with van der Waals surface area (Å²) in [5.74, 6) is -1.84. The third kappa shape index (κ3) is 3.37. The van der Waals surface area contributed by atoms with E-state index in [9.17, 15) is 14.3 Å². The monoisotopic (exact) mass is 328 g/mol. The van der Waals surface area contributed by atoms with Gasteiger partial charge in [-0.25, -0.2) is 9.18 Å². The molecule has 0 unspecified atom stereocenters. The molecule has 124 valence electrons. The Balaban J connectivity index is 1.80. The van der Waals surface area contributed by atoms with Gasteiger partial charge in [0.15, 0.2) is 0 Å². The number of anilines is 1. The lowest BCUT2D eigenvalue weighted by Gasteiger charge is -2.18. The number of aliphatic imine (C=N–C) groups is 1. The van der Waals surface area contributed by atoms with E-state index in [2.05, 4.69) is 4.99 Å². The zero-order valence-electron chi connectivity index (χ0n) is 12.9. The van der Waals surface area contributed by atoms with E-state index in [1.807, 2.05) is 4.90 Å². The van der Waals surface area contributed by atoms with E-state index in [0.29, 0.717) is 16.9 Å². The summed E-state index contributed by atoms with van der Waals surface area (Å²) in [7, 11) is 0. The SMILES string of the molecule is O=C(O)c1cc(N=Cc2ccc(N3CCCC3)c(F)c2)ccc1O. The molecule has 0 aromatic heterocycles. The second kappa shape index (κ2) is 6.70. The molecule has 2 aromatic carbocycles. The summed E-state index contributed by atoms with van der Waals surface area (Å²) in [6, 6.07) is 8.96. The van der Waals surface area contributed by atoms with Gasteiger partial charge in [-0.2, -0.15) is 0 Å². The number of carboxylic acids is 1. The van der Waals surface area contributed by atoms with Gasteiger partial charge in [0, 0.05) is 19.3 Å². The van der Waals surface area contributed by atoms with Gasteiger partial charge in [-0.1, -0.05) is 6.07 Å². The lowest BCUT2D eigenvalue weighted by atomic mass is 10.1. The van der Waals surface area contributed by atoms with Crippen molar-refractivity contribution in [2.45, 2.75) is 12.8 Å². The lowest BCUT2D eigenvalue weighted by molar-refractivity contribution is 0.0694. The maximum Gasteiger partial charge on any atom is 0.339 e. The van der Waals surface area contributed by atoms with E-state index in [1.54, 1.807) is 12.1 Å². The number of hydrogen-bond donors (Lipinski definition) is 2. The summed E-state index contributed by atoms with van der Waals surface area (Å²) < 4.78 is 14.2. The third-order valence-electron chi connectivity index (χ3n) is 3.99. The zero-order valence-corrected chi connectivity index (χ0v) is 12.9. The highest BCUT2D eigenvalue weighted by Gasteiger charge is 2.16. The van der Waals surface area contributed by atoms with Crippen LogP contribution in [-0.2, 0) is 0 Å². The van der Waals surface area contributed by atoms with E-state index < -0.39 is 5.97 Å². The minimum Gasteiger partial charge on any atom is -0.507 e. The Kier molecular flexibility index (Phi) is 4.46. The average Bonchev–Trinajstić information content (AvgIpc) is 3.08. The molecule has 0 atom stereocenters. The van der Waals surface area contributed by atoms with Crippen molar-refractivity contribution in [3.05, 3.63) is 53.3 Å². The molecule has 1 fully saturated rings. The zero-order chi connectivity index (χ0) is 17.1. The van der Waals surface area contributed by atoms with Gasteiger partial charge in [-0.3, -0.25) is 4.99 Å². The molecule has 0 saturated carbocycles. The molecule has 1 aliphatic heterocycles. The van der Waals surface area contributed by atoms with Crippen LogP contribution < -0.4 is 4.90 Å². The largest absolute Gasteiger partial charge is 0.507 e. The van der Waals surface area contributed by atoms with Crippen LogP contribution in [0.25, 0.3) is 0 Å². The van der Waals surface area contributed by atoms with E-state index in [1.165, 1.54) is 30.5 Å². The van der Waals surface area contributed by atoms with Crippen molar-refractivity contribution in [2.75, 3.05) is 18.0 Å². The van der Waals surface area contributed by atoms with Crippen LogP contribution in [0.2, 0.25) is 0 Å². The van der Waals surface area contributed by atoms with E-state index in [-0.39, 0.29) is 17.1 Å². The van der Waals surface area contributed by atoms with Crippen molar-refractivity contribution in [3.8, 4) is 5.75 Å². The van der Waals surface area contributed by atoms with Crippen LogP contribution in [0.4, 0.5) is 15.8 Å². The number of benzene rings is 2. The number of hydrogen-bond acceptors (Lipinski definition) is 4. The fraction of sp³-hybridized carbons (Fsp3) is 0.222. The number of rotatable bonds is 4. The van der Waals surface area contributed by atoms with Crippen molar-refractivity contribution < 1.29 is 19.4 Å². The summed E-state index contributed by atoms with van der Waals surface area (Å²) in [5.41, 5.74) is 1.33. The van der Waals surface area contributed by atoms with Gasteiger partial charge in [-0.05, 0) is 48.7 Å². The van der Waals surface area contributed by atoms with Crippen molar-refractivity contribution in [1.82, 2.24) is 0 Å². The Labute approximate surface area is 138 Å². The Morgan fingerprint density at radius 2 is 1.92 bits per heavy atom. The summed E-state index contributed by atoms with van der Waals surface area (Å²) in [6.45, 7) is 1.74. The summed E-state index contributed by atoms with van der Waals surface area (Å²) >= 11 is 0. The molecule has 24 heavy (non-hydrogen) atoms. The standard InChI is InChI=1S/C18H17FN2O3/c19-15-9-12(3-5-16(15)21-7-1-2-8-21)11-20-13-4-6-17(22)14(10-13)18(23)24/h3-6,9-11,22H,1-2,7-8H2,(H,23,24). The van der Waals surface area contributed by atoms with Gasteiger partial charge in [-0.15, -0.1) is 0 Å². The number of phenols is 1. The first-order valence-electron chi connectivity index (χ1n) is 7.69. The highest BCUT2D eigenvalue weighted by atomic mass is 19.1. The third-order valence-corrected chi connectivity index (χ3v) is 3.99. The molecular weight excluding hydrogens is 311 g/mol. The molecule has 6 heteroatoms. The highest BCUT2D eigenvalue weighted by Crippen LogP contribution is 2.25. The number of carboxylic acid groups (broad SMARTS) is 1. The van der Waals surface area contributed by atoms with Gasteiger partial charge in [0.1, 0.15) is 17.1 Å². The minimum atomic E-state index is -1.23. The number of carbonyl (C=O) groups is 1. The van der Waals surface area contributed by atoms with Crippen molar-refractivity contribution in [2.24, 2.45) is 4.99 Å². The van der Waals surface area contributed by atoms with Gasteiger partial charge >= 0.3 is 5.97 Å². The predicted molar refractivity (Wildman–Crippen MR) is 90.2 cm³/mol. The fourth-order valence-electron chi connectivity index (χ4n) is 2.74. The highest BCUT2D eigenvalue weighted by molar-refractivity contribution is 5.92. The first-order chi connectivity index (χ1) is 11.5. The quantitative estimate of drug-likeness (QED) is 0.842. The molecule has 0 spiro atoms. The number of nitrogens with zero attached hydrogens (tertiary/aromatic N) is 2. The molecular formula is C18H17FN2O3. The van der Waals surface area contributed by atoms with E-state index >= 15 is 0 Å². The molecule has 0 amide bonds. The summed E-state index contributed by atoms with van der Waals surface area (Å²) in [4.78, 5) is 17.2. The normalized spacial score (nSPS) is 14.5. The van der Waals surface area contributed by atoms with Crippen LogP contribution in [0.5, 0.6) is 5.75 Å². The fourth-order valence-corrected chi connectivity index (χ4v) is 2.74. The van der Waals surface area contributed by atoms with E-state index in [4.69, 9.17) is 5.11 Å². The Hall–Kier alpha value is -2.89. The van der Waals surface area contributed by atoms with E-state index in [0.717, 1.165) is 25.9 Å². The average molecular weight is 328 g/mol. The molecule has 0 aliphatic carbocycles. The number of halogens is 1. The molecule has 2 N–H and O–H groups in total. The molecule has 5 nitrogen and oxygen atoms in total. The summed E-state index contributed by atoms with van der Waals surface area (Å²) in [6.07, 6.45) is 3.62. The number of aromatic hydroxyl groups is 1. The van der Waals surface area contributed by atoms with Crippen molar-refractivity contribution >= 4 is 23.6 Å². The topological polar surface area (TPSA) is 73.1 Å². The van der Waals surface area contributed by atoms with Gasteiger partial charge < -0.3 is 15.1 Å². The molecule has 0 bridgehead atoms. The van der Waals surface area contributed by atoms with Crippen molar-refractivity contribution in [1.29, 1.82) is 0 Å². The molecule has 1 heterocycles.